The summed E-state index contributed by atoms with van der Waals surface area (Å²) in [5, 5.41) is 12.4. The number of aliphatic hydroxyl groups excluding tert-OH is 1. The molecule has 100 valence electrons. The van der Waals surface area contributed by atoms with E-state index in [9.17, 15) is 5.11 Å². The topological polar surface area (TPSA) is 97.0 Å². The van der Waals surface area contributed by atoms with E-state index in [2.05, 4.69) is 20.3 Å². The Kier molecular flexibility index (Phi) is 3.14. The molecule has 1 aromatic heterocycles. The van der Waals surface area contributed by atoms with Crippen molar-refractivity contribution in [3.05, 3.63) is 5.82 Å². The Morgan fingerprint density at radius 3 is 2.44 bits per heavy atom. The van der Waals surface area contributed by atoms with Gasteiger partial charge in [0.15, 0.2) is 0 Å². The molecule has 0 bridgehead atoms. The summed E-state index contributed by atoms with van der Waals surface area (Å²) in [7, 11) is 0. The third-order valence-electron chi connectivity index (χ3n) is 3.24. The van der Waals surface area contributed by atoms with E-state index in [4.69, 9.17) is 5.73 Å². The molecule has 1 aromatic rings. The summed E-state index contributed by atoms with van der Waals surface area (Å²) in [5.74, 6) is 1.39. The van der Waals surface area contributed by atoms with Gasteiger partial charge >= 0.3 is 0 Å². The molecule has 0 radical (unpaired) electrons. The van der Waals surface area contributed by atoms with Gasteiger partial charge < -0.3 is 16.2 Å². The van der Waals surface area contributed by atoms with Crippen LogP contribution in [0.15, 0.2) is 0 Å². The van der Waals surface area contributed by atoms with E-state index >= 15 is 0 Å². The fraction of sp³-hybridized carbons (Fsp3) is 0.750. The first-order valence-electron chi connectivity index (χ1n) is 6.21. The van der Waals surface area contributed by atoms with E-state index in [1.54, 1.807) is 0 Å². The van der Waals surface area contributed by atoms with E-state index in [0.717, 1.165) is 12.8 Å². The van der Waals surface area contributed by atoms with E-state index in [-0.39, 0.29) is 23.4 Å². The SMILES string of the molecule is CC(C)(C)c1nc(N)nc(NCC2(CO)CC2)n1. The average molecular weight is 251 g/mol. The van der Waals surface area contributed by atoms with Gasteiger partial charge in [0, 0.05) is 17.4 Å². The van der Waals surface area contributed by atoms with Crippen molar-refractivity contribution in [2.75, 3.05) is 24.2 Å². The van der Waals surface area contributed by atoms with Gasteiger partial charge in [-0.25, -0.2) is 0 Å². The van der Waals surface area contributed by atoms with Crippen molar-refractivity contribution in [2.45, 2.75) is 39.0 Å². The third kappa shape index (κ3) is 2.87. The molecule has 6 heteroatoms. The zero-order valence-electron chi connectivity index (χ0n) is 11.2. The van der Waals surface area contributed by atoms with Gasteiger partial charge in [-0.15, -0.1) is 0 Å². The molecule has 0 atom stereocenters. The second-order valence-corrected chi connectivity index (χ2v) is 6.10. The van der Waals surface area contributed by atoms with Crippen molar-refractivity contribution >= 4 is 11.9 Å². The van der Waals surface area contributed by atoms with Crippen LogP contribution in [0.25, 0.3) is 0 Å². The van der Waals surface area contributed by atoms with Gasteiger partial charge in [0.2, 0.25) is 11.9 Å². The maximum absolute atomic E-state index is 9.26. The van der Waals surface area contributed by atoms with Crippen molar-refractivity contribution in [3.8, 4) is 0 Å². The number of nitrogens with zero attached hydrogens (tertiary/aromatic N) is 3. The van der Waals surface area contributed by atoms with Gasteiger partial charge in [-0.2, -0.15) is 15.0 Å². The highest BCUT2D eigenvalue weighted by Crippen LogP contribution is 2.44. The normalized spacial score (nSPS) is 17.6. The molecule has 0 amide bonds. The van der Waals surface area contributed by atoms with Gasteiger partial charge in [0.05, 0.1) is 6.61 Å². The molecule has 0 aliphatic heterocycles. The van der Waals surface area contributed by atoms with Gasteiger partial charge in [0.1, 0.15) is 5.82 Å². The smallest absolute Gasteiger partial charge is 0.227 e. The largest absolute Gasteiger partial charge is 0.396 e. The second kappa shape index (κ2) is 4.35. The van der Waals surface area contributed by atoms with Crippen LogP contribution in [-0.4, -0.2) is 33.2 Å². The lowest BCUT2D eigenvalue weighted by Gasteiger charge is -2.18. The summed E-state index contributed by atoms with van der Waals surface area (Å²) < 4.78 is 0. The number of nitrogens with one attached hydrogen (secondary N) is 1. The fourth-order valence-electron chi connectivity index (χ4n) is 1.64. The molecule has 1 aliphatic rings. The molecule has 1 heterocycles. The summed E-state index contributed by atoms with van der Waals surface area (Å²) in [5.41, 5.74) is 5.54. The highest BCUT2D eigenvalue weighted by atomic mass is 16.3. The summed E-state index contributed by atoms with van der Waals surface area (Å²) in [6, 6.07) is 0. The molecular weight excluding hydrogens is 230 g/mol. The molecule has 0 aromatic carbocycles. The van der Waals surface area contributed by atoms with Crippen LogP contribution in [-0.2, 0) is 5.41 Å². The number of hydrogen-bond acceptors (Lipinski definition) is 6. The standard InChI is InChI=1S/C12H21N5O/c1-11(2,3)8-15-9(13)17-10(16-8)14-6-12(7-18)4-5-12/h18H,4-7H2,1-3H3,(H3,13,14,15,16,17). The lowest BCUT2D eigenvalue weighted by Crippen LogP contribution is -2.23. The van der Waals surface area contributed by atoms with Crippen molar-refractivity contribution in [3.63, 3.8) is 0 Å². The van der Waals surface area contributed by atoms with Crippen molar-refractivity contribution in [2.24, 2.45) is 5.41 Å². The Bertz CT molecular complexity index is 437. The lowest BCUT2D eigenvalue weighted by atomic mass is 9.96. The van der Waals surface area contributed by atoms with Crippen LogP contribution < -0.4 is 11.1 Å². The molecule has 6 nitrogen and oxygen atoms in total. The predicted molar refractivity (Wildman–Crippen MR) is 70.2 cm³/mol. The summed E-state index contributed by atoms with van der Waals surface area (Å²) in [6.45, 7) is 6.97. The second-order valence-electron chi connectivity index (χ2n) is 6.10. The number of hydrogen-bond donors (Lipinski definition) is 3. The molecule has 1 fully saturated rings. The third-order valence-corrected chi connectivity index (χ3v) is 3.24. The molecule has 18 heavy (non-hydrogen) atoms. The van der Waals surface area contributed by atoms with Crippen LogP contribution >= 0.6 is 0 Å². The van der Waals surface area contributed by atoms with Crippen LogP contribution in [0.3, 0.4) is 0 Å². The molecule has 4 N–H and O–H groups in total. The Morgan fingerprint density at radius 1 is 1.28 bits per heavy atom. The van der Waals surface area contributed by atoms with Crippen LogP contribution in [0.2, 0.25) is 0 Å². The van der Waals surface area contributed by atoms with Crippen molar-refractivity contribution < 1.29 is 5.11 Å². The summed E-state index contributed by atoms with van der Waals surface area (Å²) >= 11 is 0. The molecule has 1 saturated carbocycles. The lowest BCUT2D eigenvalue weighted by molar-refractivity contribution is 0.219. The first-order chi connectivity index (χ1) is 8.35. The average Bonchev–Trinajstić information content (AvgIpc) is 3.05. The minimum Gasteiger partial charge on any atom is -0.396 e. The number of aliphatic hydroxyl groups is 1. The highest BCUT2D eigenvalue weighted by Gasteiger charge is 2.41. The molecule has 0 unspecified atom stereocenters. The first kappa shape index (κ1) is 13.0. The van der Waals surface area contributed by atoms with Crippen LogP contribution in [0, 0.1) is 5.41 Å². The quantitative estimate of drug-likeness (QED) is 0.736. The summed E-state index contributed by atoms with van der Waals surface area (Å²) in [4.78, 5) is 12.6. The predicted octanol–water partition coefficient (Wildman–Crippen LogP) is 0.936. The number of nitrogen functional groups attached to an aromatic ring is 1. The van der Waals surface area contributed by atoms with E-state index in [0.29, 0.717) is 18.3 Å². The summed E-state index contributed by atoms with van der Waals surface area (Å²) in [6.07, 6.45) is 2.09. The number of rotatable bonds is 4. The van der Waals surface area contributed by atoms with Gasteiger partial charge in [-0.1, -0.05) is 20.8 Å². The van der Waals surface area contributed by atoms with E-state index in [1.807, 2.05) is 20.8 Å². The molecule has 2 rings (SSSR count). The Morgan fingerprint density at radius 2 is 1.94 bits per heavy atom. The van der Waals surface area contributed by atoms with Gasteiger partial charge in [0.25, 0.3) is 0 Å². The fourth-order valence-corrected chi connectivity index (χ4v) is 1.64. The minimum atomic E-state index is -0.165. The molecule has 0 saturated heterocycles. The van der Waals surface area contributed by atoms with Crippen molar-refractivity contribution in [1.29, 1.82) is 0 Å². The number of aromatic nitrogens is 3. The zero-order chi connectivity index (χ0) is 13.4. The highest BCUT2D eigenvalue weighted by molar-refractivity contribution is 5.33. The molecular formula is C12H21N5O. The van der Waals surface area contributed by atoms with Gasteiger partial charge in [-0.3, -0.25) is 0 Å². The maximum Gasteiger partial charge on any atom is 0.227 e. The monoisotopic (exact) mass is 251 g/mol. The first-order valence-corrected chi connectivity index (χ1v) is 6.21. The maximum atomic E-state index is 9.26. The van der Waals surface area contributed by atoms with Crippen LogP contribution in [0.5, 0.6) is 0 Å². The minimum absolute atomic E-state index is 0.0172. The van der Waals surface area contributed by atoms with E-state index < -0.39 is 0 Å². The Labute approximate surface area is 107 Å². The van der Waals surface area contributed by atoms with Crippen molar-refractivity contribution in [1.82, 2.24) is 15.0 Å². The van der Waals surface area contributed by atoms with Crippen LogP contribution in [0.4, 0.5) is 11.9 Å². The number of nitrogens with two attached hydrogens (primary N) is 1. The van der Waals surface area contributed by atoms with E-state index in [1.165, 1.54) is 0 Å². The Balaban J connectivity index is 2.11. The molecule has 0 spiro atoms. The molecule has 1 aliphatic carbocycles. The zero-order valence-corrected chi connectivity index (χ0v) is 11.2. The number of anilines is 2. The Hall–Kier alpha value is -1.43. The van der Waals surface area contributed by atoms with Crippen LogP contribution in [0.1, 0.15) is 39.4 Å². The van der Waals surface area contributed by atoms with Gasteiger partial charge in [-0.05, 0) is 12.8 Å².